The van der Waals surface area contributed by atoms with Gasteiger partial charge in [-0.15, -0.1) is 0 Å². The maximum Gasteiger partial charge on any atom is 0.274 e. The van der Waals surface area contributed by atoms with E-state index < -0.39 is 16.1 Å². The molecule has 0 bridgehead atoms. The molecule has 0 fully saturated rings. The fourth-order valence-corrected chi connectivity index (χ4v) is 6.88. The molecule has 1 aromatic heterocycles. The Morgan fingerprint density at radius 3 is 2.61 bits per heavy atom. The number of sulfonamides is 1. The number of aryl methyl sites for hydroxylation is 1. The van der Waals surface area contributed by atoms with Crippen LogP contribution in [0.5, 0.6) is 11.5 Å². The lowest BCUT2D eigenvalue weighted by molar-refractivity contribution is -0.122. The van der Waals surface area contributed by atoms with Gasteiger partial charge < -0.3 is 24.5 Å². The maximum absolute atomic E-state index is 13.7. The van der Waals surface area contributed by atoms with Crippen LogP contribution in [0.3, 0.4) is 0 Å². The van der Waals surface area contributed by atoms with Crippen molar-refractivity contribution in [1.82, 2.24) is 15.4 Å². The van der Waals surface area contributed by atoms with Crippen molar-refractivity contribution in [2.45, 2.75) is 63.8 Å². The number of ether oxygens (including phenoxy) is 2. The number of benzene rings is 3. The normalized spacial score (nSPS) is 15.5. The van der Waals surface area contributed by atoms with Gasteiger partial charge in [-0.05, 0) is 61.2 Å². The smallest absolute Gasteiger partial charge is 0.274 e. The molecule has 1 amide bonds. The molecule has 44 heavy (non-hydrogen) atoms. The van der Waals surface area contributed by atoms with Gasteiger partial charge in [0.05, 0.1) is 25.8 Å². The van der Waals surface area contributed by atoms with E-state index in [1.165, 1.54) is 0 Å². The number of furan rings is 1. The molecule has 0 saturated heterocycles. The van der Waals surface area contributed by atoms with E-state index in [2.05, 4.69) is 35.3 Å². The Bertz CT molecular complexity index is 1700. The zero-order valence-corrected chi connectivity index (χ0v) is 26.5. The summed E-state index contributed by atoms with van der Waals surface area (Å²) in [5, 5.41) is 7.06. The van der Waals surface area contributed by atoms with Gasteiger partial charge in [0.15, 0.2) is 0 Å². The molecule has 0 aliphatic carbocycles. The van der Waals surface area contributed by atoms with Crippen LogP contribution in [0, 0.1) is 12.8 Å². The molecule has 2 unspecified atom stereocenters. The zero-order valence-electron chi connectivity index (χ0n) is 25.7. The van der Waals surface area contributed by atoms with E-state index in [0.717, 1.165) is 36.4 Å². The number of fused-ring (bicyclic) bond motifs is 2. The van der Waals surface area contributed by atoms with Gasteiger partial charge in [0.2, 0.25) is 11.0 Å². The van der Waals surface area contributed by atoms with Crippen molar-refractivity contribution < 1.29 is 27.1 Å². The molecule has 3 N–H and O–H groups in total. The highest BCUT2D eigenvalue weighted by atomic mass is 32.2. The van der Waals surface area contributed by atoms with Crippen molar-refractivity contribution in [3.63, 3.8) is 0 Å². The van der Waals surface area contributed by atoms with Crippen LogP contribution in [0.2, 0.25) is 0 Å². The van der Waals surface area contributed by atoms with Crippen molar-refractivity contribution in [2.24, 2.45) is 5.92 Å². The van der Waals surface area contributed by atoms with Crippen molar-refractivity contribution in [1.29, 1.82) is 0 Å². The van der Waals surface area contributed by atoms with Gasteiger partial charge in [-0.1, -0.05) is 56.3 Å². The van der Waals surface area contributed by atoms with E-state index in [0.29, 0.717) is 46.8 Å². The van der Waals surface area contributed by atoms with Crippen molar-refractivity contribution in [3.8, 4) is 11.5 Å². The summed E-state index contributed by atoms with van der Waals surface area (Å²) < 4.78 is 47.1. The number of hydrogen-bond acceptors (Lipinski definition) is 7. The maximum atomic E-state index is 13.7. The first kappa shape index (κ1) is 31.6. The monoisotopic (exact) mass is 619 g/mol. The van der Waals surface area contributed by atoms with Crippen LogP contribution in [0.1, 0.15) is 67.4 Å². The summed E-state index contributed by atoms with van der Waals surface area (Å²) in [5.74, 6) is 1.74. The van der Waals surface area contributed by atoms with Gasteiger partial charge in [0.1, 0.15) is 17.1 Å². The summed E-state index contributed by atoms with van der Waals surface area (Å²) in [5.41, 5.74) is 3.61. The largest absolute Gasteiger partial charge is 0.497 e. The molecular weight excluding hydrogens is 578 g/mol. The summed E-state index contributed by atoms with van der Waals surface area (Å²) >= 11 is 0. The lowest BCUT2D eigenvalue weighted by atomic mass is 9.98. The predicted octanol–water partition coefficient (Wildman–Crippen LogP) is 5.94. The van der Waals surface area contributed by atoms with E-state index >= 15 is 0 Å². The summed E-state index contributed by atoms with van der Waals surface area (Å²) in [6.45, 7) is 8.29. The second-order valence-electron chi connectivity index (χ2n) is 11.7. The Kier molecular flexibility index (Phi) is 9.93. The van der Waals surface area contributed by atoms with Gasteiger partial charge in [-0.2, -0.15) is 0 Å². The first-order valence-corrected chi connectivity index (χ1v) is 16.5. The molecule has 0 saturated carbocycles. The molecule has 0 spiro atoms. The highest BCUT2D eigenvalue weighted by Gasteiger charge is 2.30. The van der Waals surface area contributed by atoms with Crippen molar-refractivity contribution in [2.75, 3.05) is 20.3 Å². The van der Waals surface area contributed by atoms with Crippen LogP contribution in [-0.4, -0.2) is 34.6 Å². The second-order valence-corrected chi connectivity index (χ2v) is 13.3. The average molecular weight is 620 g/mol. The van der Waals surface area contributed by atoms with Gasteiger partial charge in [-0.3, -0.25) is 4.79 Å². The molecule has 3 aromatic carbocycles. The quantitative estimate of drug-likeness (QED) is 0.159. The van der Waals surface area contributed by atoms with Crippen LogP contribution >= 0.6 is 0 Å². The molecule has 234 valence electrons. The minimum absolute atomic E-state index is 0.0963. The Hall–Kier alpha value is -3.86. The fraction of sp³-hybridized carbons (Fsp3) is 0.382. The zero-order chi connectivity index (χ0) is 31.3. The summed E-state index contributed by atoms with van der Waals surface area (Å²) in [7, 11) is -2.58. The molecule has 0 radical (unpaired) electrons. The molecule has 4 aromatic rings. The highest BCUT2D eigenvalue weighted by Crippen LogP contribution is 2.34. The first-order valence-electron chi connectivity index (χ1n) is 15.0. The van der Waals surface area contributed by atoms with Crippen LogP contribution in [-0.2, 0) is 21.4 Å². The number of nitrogens with one attached hydrogen (secondary N) is 3. The second kappa shape index (κ2) is 13.8. The predicted molar refractivity (Wildman–Crippen MR) is 170 cm³/mol. The van der Waals surface area contributed by atoms with Gasteiger partial charge in [0.25, 0.3) is 10.0 Å². The van der Waals surface area contributed by atoms with Gasteiger partial charge >= 0.3 is 0 Å². The topological polar surface area (TPSA) is 119 Å². The molecular formula is C34H41N3O6S. The molecule has 2 atom stereocenters. The van der Waals surface area contributed by atoms with Crippen LogP contribution in [0.4, 0.5) is 0 Å². The Morgan fingerprint density at radius 2 is 1.86 bits per heavy atom. The third-order valence-electron chi connectivity index (χ3n) is 7.91. The summed E-state index contributed by atoms with van der Waals surface area (Å²) in [6.07, 6.45) is 1.64. The number of carbonyl (C=O) groups excluding carboxylic acids is 1. The SMILES string of the molecule is COc1ccc2oc(S(=O)(=O)NC(CC(=O)NC3CCOc4cc(CNCCC(C)C)ccc43)c3ccccc3)c(C)c2c1. The fourth-order valence-electron chi connectivity index (χ4n) is 5.47. The third kappa shape index (κ3) is 7.43. The van der Waals surface area contributed by atoms with E-state index in [9.17, 15) is 13.2 Å². The highest BCUT2D eigenvalue weighted by molar-refractivity contribution is 7.89. The molecule has 1 aliphatic rings. The standard InChI is InChI=1S/C34H41N3O6S/c1-22(2)14-16-35-21-24-10-12-27-29(15-17-42-32(27)18-24)36-33(38)20-30(25-8-6-5-7-9-25)37-44(39,40)34-23(3)28-19-26(41-4)11-13-31(28)43-34/h5-13,18-19,22,29-30,35,37H,14-17,20-21H2,1-4H3,(H,36,38). The van der Waals surface area contributed by atoms with E-state index in [4.69, 9.17) is 13.9 Å². The summed E-state index contributed by atoms with van der Waals surface area (Å²) in [6, 6.07) is 19.3. The minimum atomic E-state index is -4.13. The number of hydrogen-bond donors (Lipinski definition) is 3. The third-order valence-corrected chi connectivity index (χ3v) is 9.39. The van der Waals surface area contributed by atoms with E-state index in [-0.39, 0.29) is 23.5 Å². The molecule has 2 heterocycles. The lowest BCUT2D eigenvalue weighted by Gasteiger charge is -2.28. The van der Waals surface area contributed by atoms with E-state index in [1.54, 1.807) is 44.4 Å². The Labute approximate surface area is 259 Å². The average Bonchev–Trinajstić information content (AvgIpc) is 3.35. The van der Waals surface area contributed by atoms with Crippen LogP contribution in [0.15, 0.2) is 76.2 Å². The summed E-state index contributed by atoms with van der Waals surface area (Å²) in [4.78, 5) is 13.5. The number of amides is 1. The van der Waals surface area contributed by atoms with Gasteiger partial charge in [0, 0.05) is 35.9 Å². The minimum Gasteiger partial charge on any atom is -0.497 e. The van der Waals surface area contributed by atoms with Crippen molar-refractivity contribution >= 4 is 26.9 Å². The van der Waals surface area contributed by atoms with Gasteiger partial charge in [-0.25, -0.2) is 13.1 Å². The molecule has 1 aliphatic heterocycles. The number of rotatable bonds is 13. The molecule has 5 rings (SSSR count). The Balaban J connectivity index is 1.31. The van der Waals surface area contributed by atoms with Crippen LogP contribution < -0.4 is 24.8 Å². The molecule has 9 nitrogen and oxygen atoms in total. The Morgan fingerprint density at radius 1 is 1.07 bits per heavy atom. The number of methoxy groups -OCH3 is 1. The van der Waals surface area contributed by atoms with Crippen molar-refractivity contribution in [3.05, 3.63) is 89.0 Å². The van der Waals surface area contributed by atoms with E-state index in [1.807, 2.05) is 30.3 Å². The number of carbonyl (C=O) groups is 1. The molecule has 10 heteroatoms. The lowest BCUT2D eigenvalue weighted by Crippen LogP contribution is -2.36. The first-order chi connectivity index (χ1) is 21.1. The van der Waals surface area contributed by atoms with Crippen LogP contribution in [0.25, 0.3) is 11.0 Å².